The molecule has 2 aromatic carbocycles. The normalized spacial score (nSPS) is 15.0. The third kappa shape index (κ3) is 4.60. The van der Waals surface area contributed by atoms with Gasteiger partial charge in [0.05, 0.1) is 25.5 Å². The lowest BCUT2D eigenvalue weighted by molar-refractivity contribution is 0.0698. The minimum Gasteiger partial charge on any atom is -0.497 e. The number of nitrogens with zero attached hydrogens (tertiary/aromatic N) is 2. The number of piperazine rings is 1. The Morgan fingerprint density at radius 2 is 1.73 bits per heavy atom. The smallest absolute Gasteiger partial charge is 0.337 e. The first-order valence-electron chi connectivity index (χ1n) is 9.31. The molecule has 0 aromatic heterocycles. The maximum atomic E-state index is 13.0. The number of hydrogen-bond donors (Lipinski definition) is 2. The van der Waals surface area contributed by atoms with Gasteiger partial charge in [-0.05, 0) is 37.4 Å². The first-order valence-corrected chi connectivity index (χ1v) is 10.8. The van der Waals surface area contributed by atoms with Crippen LogP contribution in [-0.2, 0) is 10.0 Å². The van der Waals surface area contributed by atoms with Crippen LogP contribution in [0.5, 0.6) is 11.5 Å². The lowest BCUT2D eigenvalue weighted by atomic mass is 10.1. The van der Waals surface area contributed by atoms with Crippen LogP contribution in [0.1, 0.15) is 10.4 Å². The summed E-state index contributed by atoms with van der Waals surface area (Å²) in [7, 11) is 0.682. The van der Waals surface area contributed by atoms with Gasteiger partial charge in [0.2, 0.25) is 0 Å². The number of sulfonamides is 1. The molecule has 30 heavy (non-hydrogen) atoms. The van der Waals surface area contributed by atoms with E-state index < -0.39 is 16.0 Å². The molecule has 0 unspecified atom stereocenters. The van der Waals surface area contributed by atoms with E-state index in [4.69, 9.17) is 9.47 Å². The number of carboxylic acid groups (broad SMARTS) is 1. The van der Waals surface area contributed by atoms with Crippen molar-refractivity contribution in [3.8, 4) is 11.5 Å². The Balaban J connectivity index is 1.95. The SMILES string of the molecule is COc1ccc(OC)c(S(=O)(=O)Nc2ccc(N3CCN(C)CC3)cc2C(=O)O)c1. The van der Waals surface area contributed by atoms with E-state index >= 15 is 0 Å². The number of methoxy groups -OCH3 is 2. The van der Waals surface area contributed by atoms with Crippen LogP contribution in [0.15, 0.2) is 41.3 Å². The molecule has 9 nitrogen and oxygen atoms in total. The molecule has 2 N–H and O–H groups in total. The average Bonchev–Trinajstić information content (AvgIpc) is 2.73. The second-order valence-corrected chi connectivity index (χ2v) is 8.60. The van der Waals surface area contributed by atoms with Gasteiger partial charge in [0.25, 0.3) is 10.0 Å². The highest BCUT2D eigenvalue weighted by Crippen LogP contribution is 2.31. The maximum absolute atomic E-state index is 13.0. The zero-order chi connectivity index (χ0) is 21.9. The third-order valence-corrected chi connectivity index (χ3v) is 6.39. The molecular weight excluding hydrogens is 410 g/mol. The molecule has 0 aliphatic carbocycles. The van der Waals surface area contributed by atoms with Crippen LogP contribution in [0.4, 0.5) is 11.4 Å². The second-order valence-electron chi connectivity index (χ2n) is 6.95. The van der Waals surface area contributed by atoms with E-state index in [0.717, 1.165) is 31.9 Å². The van der Waals surface area contributed by atoms with Crippen LogP contribution < -0.4 is 19.1 Å². The number of aromatic carboxylic acids is 1. The van der Waals surface area contributed by atoms with E-state index in [0.29, 0.717) is 5.75 Å². The highest BCUT2D eigenvalue weighted by molar-refractivity contribution is 7.92. The van der Waals surface area contributed by atoms with Crippen molar-refractivity contribution in [2.75, 3.05) is 57.1 Å². The fraction of sp³-hybridized carbons (Fsp3) is 0.350. The molecular formula is C20H25N3O6S. The predicted octanol–water partition coefficient (Wildman–Crippen LogP) is 1.95. The van der Waals surface area contributed by atoms with Crippen LogP contribution in [0.3, 0.4) is 0 Å². The van der Waals surface area contributed by atoms with E-state index in [1.54, 1.807) is 12.1 Å². The Morgan fingerprint density at radius 3 is 2.33 bits per heavy atom. The van der Waals surface area contributed by atoms with Gasteiger partial charge in [-0.25, -0.2) is 13.2 Å². The molecule has 3 rings (SSSR count). The number of anilines is 2. The van der Waals surface area contributed by atoms with Crippen LogP contribution in [0, 0.1) is 0 Å². The zero-order valence-corrected chi connectivity index (χ0v) is 17.9. The number of rotatable bonds is 7. The van der Waals surface area contributed by atoms with Gasteiger partial charge >= 0.3 is 5.97 Å². The van der Waals surface area contributed by atoms with Gasteiger partial charge in [-0.15, -0.1) is 0 Å². The van der Waals surface area contributed by atoms with Crippen molar-refractivity contribution in [2.45, 2.75) is 4.90 Å². The molecule has 10 heteroatoms. The quantitative estimate of drug-likeness (QED) is 0.679. The fourth-order valence-electron chi connectivity index (χ4n) is 3.25. The first kappa shape index (κ1) is 21.7. The van der Waals surface area contributed by atoms with Crippen molar-refractivity contribution in [3.63, 3.8) is 0 Å². The van der Waals surface area contributed by atoms with Gasteiger partial charge in [0, 0.05) is 37.9 Å². The summed E-state index contributed by atoms with van der Waals surface area (Å²) < 4.78 is 38.6. The molecule has 1 fully saturated rings. The molecule has 0 saturated carbocycles. The van der Waals surface area contributed by atoms with Gasteiger partial charge in [0.1, 0.15) is 16.4 Å². The molecule has 1 heterocycles. The summed E-state index contributed by atoms with van der Waals surface area (Å²) in [6.45, 7) is 3.27. The third-order valence-electron chi connectivity index (χ3n) is 5.01. The van der Waals surface area contributed by atoms with Crippen molar-refractivity contribution in [2.24, 2.45) is 0 Å². The summed E-state index contributed by atoms with van der Waals surface area (Å²) in [5, 5.41) is 9.67. The highest BCUT2D eigenvalue weighted by Gasteiger charge is 2.24. The highest BCUT2D eigenvalue weighted by atomic mass is 32.2. The molecule has 0 spiro atoms. The predicted molar refractivity (Wildman–Crippen MR) is 113 cm³/mol. The summed E-state index contributed by atoms with van der Waals surface area (Å²) in [6.07, 6.45) is 0. The number of ether oxygens (including phenoxy) is 2. The largest absolute Gasteiger partial charge is 0.497 e. The first-order chi connectivity index (χ1) is 14.2. The molecule has 1 saturated heterocycles. The molecule has 162 valence electrons. The summed E-state index contributed by atoms with van der Waals surface area (Å²) in [6, 6.07) is 9.06. The van der Waals surface area contributed by atoms with E-state index in [9.17, 15) is 18.3 Å². The van der Waals surface area contributed by atoms with Crippen molar-refractivity contribution < 1.29 is 27.8 Å². The molecule has 0 atom stereocenters. The second kappa shape index (κ2) is 8.80. The lowest BCUT2D eigenvalue weighted by Gasteiger charge is -2.34. The standard InChI is InChI=1S/C20H25N3O6S/c1-22-8-10-23(11-9-22)14-4-6-17(16(12-14)20(24)25)21-30(26,27)19-13-15(28-2)5-7-18(19)29-3/h4-7,12-13,21H,8-11H2,1-3H3,(H,24,25). The number of nitrogens with one attached hydrogen (secondary N) is 1. The summed E-state index contributed by atoms with van der Waals surface area (Å²) in [5.41, 5.74) is 0.588. The van der Waals surface area contributed by atoms with E-state index in [-0.39, 0.29) is 21.9 Å². The van der Waals surface area contributed by atoms with Crippen molar-refractivity contribution in [3.05, 3.63) is 42.0 Å². The number of likely N-dealkylation sites (N-methyl/N-ethyl adjacent to an activating group) is 1. The van der Waals surface area contributed by atoms with Crippen molar-refractivity contribution in [1.29, 1.82) is 0 Å². The Kier molecular flexibility index (Phi) is 6.37. The van der Waals surface area contributed by atoms with Gasteiger partial charge < -0.3 is 24.4 Å². The van der Waals surface area contributed by atoms with Crippen LogP contribution in [0.25, 0.3) is 0 Å². The topological polar surface area (TPSA) is 108 Å². The van der Waals surface area contributed by atoms with Gasteiger partial charge in [-0.2, -0.15) is 0 Å². The number of carbonyl (C=O) groups is 1. The Bertz CT molecular complexity index is 1030. The molecule has 1 aliphatic rings. The Morgan fingerprint density at radius 1 is 1.03 bits per heavy atom. The minimum atomic E-state index is -4.13. The number of hydrogen-bond acceptors (Lipinski definition) is 7. The van der Waals surface area contributed by atoms with E-state index in [1.165, 1.54) is 38.5 Å². The maximum Gasteiger partial charge on any atom is 0.337 e. The van der Waals surface area contributed by atoms with Gasteiger partial charge in [-0.3, -0.25) is 4.72 Å². The molecule has 0 radical (unpaired) electrons. The van der Waals surface area contributed by atoms with Crippen LogP contribution in [-0.4, -0.2) is 71.8 Å². The number of benzene rings is 2. The molecule has 1 aliphatic heterocycles. The Hall–Kier alpha value is -2.98. The van der Waals surface area contributed by atoms with Crippen molar-refractivity contribution in [1.82, 2.24) is 4.90 Å². The monoisotopic (exact) mass is 435 g/mol. The van der Waals surface area contributed by atoms with E-state index in [2.05, 4.69) is 14.5 Å². The van der Waals surface area contributed by atoms with E-state index in [1.807, 2.05) is 7.05 Å². The summed E-state index contributed by atoms with van der Waals surface area (Å²) in [4.78, 5) is 16.0. The van der Waals surface area contributed by atoms with Gasteiger partial charge in [-0.1, -0.05) is 0 Å². The number of carboxylic acids is 1. The minimum absolute atomic E-state index is 0.0229. The summed E-state index contributed by atoms with van der Waals surface area (Å²) in [5.74, 6) is -0.768. The fourth-order valence-corrected chi connectivity index (χ4v) is 4.52. The average molecular weight is 436 g/mol. The Labute approximate surface area is 175 Å². The molecule has 2 aromatic rings. The molecule has 0 bridgehead atoms. The van der Waals surface area contributed by atoms with Crippen LogP contribution >= 0.6 is 0 Å². The van der Waals surface area contributed by atoms with Gasteiger partial charge in [0.15, 0.2) is 0 Å². The van der Waals surface area contributed by atoms with Crippen LogP contribution in [0.2, 0.25) is 0 Å². The summed E-state index contributed by atoms with van der Waals surface area (Å²) >= 11 is 0. The molecule has 0 amide bonds. The lowest BCUT2D eigenvalue weighted by Crippen LogP contribution is -2.44. The zero-order valence-electron chi connectivity index (χ0n) is 17.1. The van der Waals surface area contributed by atoms with Crippen molar-refractivity contribution >= 4 is 27.4 Å².